The van der Waals surface area contributed by atoms with E-state index >= 15 is 0 Å². The number of hydrazone groups is 1. The summed E-state index contributed by atoms with van der Waals surface area (Å²) >= 11 is 0. The number of hydrazine groups is 1. The van der Waals surface area contributed by atoms with Gasteiger partial charge >= 0.3 is 5.97 Å². The van der Waals surface area contributed by atoms with Gasteiger partial charge in [0.2, 0.25) is 5.96 Å². The molecular formula is C27H34N10O6. The summed E-state index contributed by atoms with van der Waals surface area (Å²) in [4.78, 5) is 70.0. The third kappa shape index (κ3) is 7.62. The average Bonchev–Trinajstić information content (AvgIpc) is 2.95. The van der Waals surface area contributed by atoms with Gasteiger partial charge in [-0.3, -0.25) is 24.0 Å². The summed E-state index contributed by atoms with van der Waals surface area (Å²) in [6.07, 6.45) is -0.130. The number of nitrogens with two attached hydrogens (primary N) is 4. The molecule has 1 aliphatic rings. The molecule has 0 saturated carbocycles. The van der Waals surface area contributed by atoms with Gasteiger partial charge in [-0.05, 0) is 56.2 Å². The molecule has 0 bridgehead atoms. The van der Waals surface area contributed by atoms with Crippen LogP contribution in [0.15, 0.2) is 64.7 Å². The second kappa shape index (κ2) is 13.9. The Labute approximate surface area is 246 Å². The van der Waals surface area contributed by atoms with Crippen LogP contribution in [0.4, 0.5) is 5.69 Å². The molecule has 0 unspecified atom stereocenters. The van der Waals surface area contributed by atoms with Crippen molar-refractivity contribution in [2.24, 2.45) is 33.0 Å². The molecule has 16 nitrogen and oxygen atoms in total. The second-order valence-corrected chi connectivity index (χ2v) is 9.59. The number of carboxylic acid groups (broad SMARTS) is 1. The summed E-state index contributed by atoms with van der Waals surface area (Å²) in [5.41, 5.74) is 20.9. The number of hydrogen-bond acceptors (Lipinski definition) is 8. The minimum atomic E-state index is -2.07. The van der Waals surface area contributed by atoms with Crippen molar-refractivity contribution in [2.75, 3.05) is 26.2 Å². The summed E-state index contributed by atoms with van der Waals surface area (Å²) in [5.74, 6) is -4.60. The fraction of sp³-hybridized carbons (Fsp3) is 0.296. The summed E-state index contributed by atoms with van der Waals surface area (Å²) in [5, 5.41) is 18.0. The van der Waals surface area contributed by atoms with Gasteiger partial charge in [0.05, 0.1) is 5.69 Å². The van der Waals surface area contributed by atoms with Gasteiger partial charge in [-0.1, -0.05) is 18.2 Å². The molecule has 3 rings (SSSR count). The van der Waals surface area contributed by atoms with E-state index in [-0.39, 0.29) is 44.0 Å². The van der Waals surface area contributed by atoms with Crippen molar-refractivity contribution in [3.8, 4) is 0 Å². The number of guanidine groups is 2. The molecule has 228 valence electrons. The van der Waals surface area contributed by atoms with E-state index in [4.69, 9.17) is 22.9 Å². The molecule has 0 radical (unpaired) electrons. The SMILES string of the molecule is CC(=O)[C@@]1(CCCNC(=O)c2ccc(N=C(N)N)cc2)C(=O)N(CC(=O)O)CCN1N(N=C(N)N)C(=O)c1ccccc1. The minimum absolute atomic E-state index is 0.0263. The molecular weight excluding hydrogens is 560 g/mol. The topological polar surface area (TPSA) is 256 Å². The first-order valence-electron chi connectivity index (χ1n) is 13.1. The zero-order valence-corrected chi connectivity index (χ0v) is 23.5. The van der Waals surface area contributed by atoms with E-state index in [0.29, 0.717) is 11.3 Å². The highest BCUT2D eigenvalue weighted by molar-refractivity contribution is 6.11. The van der Waals surface area contributed by atoms with Crippen molar-refractivity contribution >= 4 is 47.1 Å². The van der Waals surface area contributed by atoms with E-state index in [9.17, 15) is 29.1 Å². The molecule has 1 aliphatic heterocycles. The van der Waals surface area contributed by atoms with Gasteiger partial charge in [0, 0.05) is 30.8 Å². The Morgan fingerprint density at radius 2 is 1.60 bits per heavy atom. The lowest BCUT2D eigenvalue weighted by Gasteiger charge is -2.49. The van der Waals surface area contributed by atoms with Crippen molar-refractivity contribution in [3.63, 3.8) is 0 Å². The maximum atomic E-state index is 13.9. The largest absolute Gasteiger partial charge is 0.480 e. The van der Waals surface area contributed by atoms with Gasteiger partial charge in [-0.25, -0.2) is 4.99 Å². The van der Waals surface area contributed by atoms with Gasteiger partial charge in [-0.2, -0.15) is 5.01 Å². The number of carbonyl (C=O) groups is 5. The molecule has 1 atom stereocenters. The Kier molecular flexibility index (Phi) is 10.4. The zero-order valence-electron chi connectivity index (χ0n) is 23.5. The molecule has 2 aromatic rings. The number of amides is 3. The van der Waals surface area contributed by atoms with Crippen LogP contribution in [0.1, 0.15) is 40.5 Å². The average molecular weight is 595 g/mol. The van der Waals surface area contributed by atoms with Crippen LogP contribution in [0.5, 0.6) is 0 Å². The van der Waals surface area contributed by atoms with Crippen molar-refractivity contribution in [3.05, 3.63) is 65.7 Å². The fourth-order valence-corrected chi connectivity index (χ4v) is 4.69. The highest BCUT2D eigenvalue weighted by atomic mass is 16.4. The van der Waals surface area contributed by atoms with E-state index < -0.39 is 47.5 Å². The molecule has 0 aliphatic carbocycles. The lowest BCUT2D eigenvalue weighted by molar-refractivity contribution is -0.179. The minimum Gasteiger partial charge on any atom is -0.480 e. The molecule has 1 saturated heterocycles. The lowest BCUT2D eigenvalue weighted by atomic mass is 9.84. The number of ketones is 1. The van der Waals surface area contributed by atoms with Crippen LogP contribution in [0.2, 0.25) is 0 Å². The number of benzene rings is 2. The molecule has 1 fully saturated rings. The number of aliphatic carboxylic acids is 1. The predicted octanol–water partition coefficient (Wildman–Crippen LogP) is -1.10. The first-order chi connectivity index (χ1) is 20.4. The second-order valence-electron chi connectivity index (χ2n) is 9.59. The summed E-state index contributed by atoms with van der Waals surface area (Å²) in [7, 11) is 0. The molecule has 3 amide bonds. The number of nitrogens with one attached hydrogen (secondary N) is 1. The summed E-state index contributed by atoms with van der Waals surface area (Å²) < 4.78 is 0. The summed E-state index contributed by atoms with van der Waals surface area (Å²) in [6.45, 7) is 0.238. The Morgan fingerprint density at radius 3 is 2.16 bits per heavy atom. The van der Waals surface area contributed by atoms with E-state index in [1.807, 2.05) is 0 Å². The number of carboxylic acids is 1. The van der Waals surface area contributed by atoms with Gasteiger partial charge in [-0.15, -0.1) is 10.2 Å². The van der Waals surface area contributed by atoms with Crippen LogP contribution >= 0.6 is 0 Å². The van der Waals surface area contributed by atoms with Crippen LogP contribution in [0.3, 0.4) is 0 Å². The van der Waals surface area contributed by atoms with Crippen molar-refractivity contribution < 1.29 is 29.1 Å². The van der Waals surface area contributed by atoms with Crippen LogP contribution < -0.4 is 28.3 Å². The smallest absolute Gasteiger partial charge is 0.323 e. The Hall–Kier alpha value is -5.51. The third-order valence-electron chi connectivity index (χ3n) is 6.60. The van der Waals surface area contributed by atoms with Crippen LogP contribution in [-0.4, -0.2) is 93.2 Å². The van der Waals surface area contributed by atoms with E-state index in [0.717, 1.165) is 22.0 Å². The fourth-order valence-electron chi connectivity index (χ4n) is 4.69. The van der Waals surface area contributed by atoms with Crippen LogP contribution in [0, 0.1) is 0 Å². The first kappa shape index (κ1) is 32.0. The van der Waals surface area contributed by atoms with Crippen LogP contribution in [0.25, 0.3) is 0 Å². The lowest BCUT2D eigenvalue weighted by Crippen LogP contribution is -2.73. The number of nitrogens with zero attached hydrogens (tertiary/aromatic N) is 5. The van der Waals surface area contributed by atoms with Crippen molar-refractivity contribution in [2.45, 2.75) is 25.3 Å². The Balaban J connectivity index is 1.91. The highest BCUT2D eigenvalue weighted by Gasteiger charge is 2.56. The van der Waals surface area contributed by atoms with Gasteiger partial charge in [0.1, 0.15) is 6.54 Å². The molecule has 1 heterocycles. The normalized spacial score (nSPS) is 16.6. The summed E-state index contributed by atoms with van der Waals surface area (Å²) in [6, 6.07) is 14.1. The number of hydrogen-bond donors (Lipinski definition) is 6. The molecule has 43 heavy (non-hydrogen) atoms. The van der Waals surface area contributed by atoms with Crippen molar-refractivity contribution in [1.29, 1.82) is 0 Å². The molecule has 16 heteroatoms. The third-order valence-corrected chi connectivity index (χ3v) is 6.60. The maximum Gasteiger partial charge on any atom is 0.323 e. The number of carbonyl (C=O) groups excluding carboxylic acids is 4. The highest BCUT2D eigenvalue weighted by Crippen LogP contribution is 2.32. The number of Topliss-reactive ketones (excluding diaryl/α,β-unsaturated/α-hetero) is 1. The molecule has 0 aromatic heterocycles. The molecule has 2 aromatic carbocycles. The Bertz CT molecular complexity index is 1420. The standard InChI is InChI=1S/C27H34N10O6/c1-17(38)27(12-5-13-32-22(41)18-8-10-20(11-9-18)33-25(28)29)24(43)35(16-21(39)40)14-15-36(27)37(34-26(30)31)23(42)19-6-3-2-4-7-19/h2-4,6-11H,5,12-16H2,1H3,(H,32,41)(H,39,40)(H4,28,29,33)(H4,30,31,34)/t27-/m0/s1. The number of rotatable bonds is 12. The quantitative estimate of drug-likeness (QED) is 0.0565. The van der Waals surface area contributed by atoms with Gasteiger partial charge < -0.3 is 38.3 Å². The van der Waals surface area contributed by atoms with Gasteiger partial charge in [0.15, 0.2) is 17.3 Å². The van der Waals surface area contributed by atoms with Crippen LogP contribution in [-0.2, 0) is 14.4 Å². The van der Waals surface area contributed by atoms with E-state index in [1.54, 1.807) is 30.3 Å². The van der Waals surface area contributed by atoms with E-state index in [2.05, 4.69) is 15.4 Å². The molecule has 0 spiro atoms. The maximum absolute atomic E-state index is 13.9. The molecule has 10 N–H and O–H groups in total. The van der Waals surface area contributed by atoms with Crippen molar-refractivity contribution in [1.82, 2.24) is 20.3 Å². The zero-order chi connectivity index (χ0) is 31.7. The first-order valence-corrected chi connectivity index (χ1v) is 13.1. The number of piperazine rings is 1. The van der Waals surface area contributed by atoms with E-state index in [1.165, 1.54) is 24.3 Å². The predicted molar refractivity (Wildman–Crippen MR) is 156 cm³/mol. The number of aliphatic imine (C=N–C) groups is 1. The Morgan fingerprint density at radius 1 is 0.953 bits per heavy atom. The monoisotopic (exact) mass is 594 g/mol. The van der Waals surface area contributed by atoms with Gasteiger partial charge in [0.25, 0.3) is 17.7 Å².